The fraction of sp³-hybridized carbons (Fsp3) is 0.310. The second-order valence-electron chi connectivity index (χ2n) is 9.73. The molecule has 3 rings (SSSR count). The fourth-order valence-electron chi connectivity index (χ4n) is 4.09. The molecular formula is C29H33Cl2N3O4S. The summed E-state index contributed by atoms with van der Waals surface area (Å²) in [5.41, 5.74) is 2.73. The summed E-state index contributed by atoms with van der Waals surface area (Å²) in [6.45, 7) is 5.04. The van der Waals surface area contributed by atoms with E-state index in [1.54, 1.807) is 42.5 Å². The highest BCUT2D eigenvalue weighted by molar-refractivity contribution is 7.92. The van der Waals surface area contributed by atoms with Crippen LogP contribution in [0.5, 0.6) is 0 Å². The van der Waals surface area contributed by atoms with Gasteiger partial charge in [-0.1, -0.05) is 77.3 Å². The van der Waals surface area contributed by atoms with E-state index >= 15 is 0 Å². The van der Waals surface area contributed by atoms with Crippen molar-refractivity contribution < 1.29 is 18.0 Å². The Morgan fingerprint density at radius 3 is 2.15 bits per heavy atom. The van der Waals surface area contributed by atoms with Crippen molar-refractivity contribution in [2.45, 2.75) is 45.8 Å². The smallest absolute Gasteiger partial charge is 0.244 e. The van der Waals surface area contributed by atoms with Gasteiger partial charge in [-0.25, -0.2) is 8.42 Å². The molecule has 0 saturated carbocycles. The van der Waals surface area contributed by atoms with Gasteiger partial charge in [-0.2, -0.15) is 0 Å². The number of rotatable bonds is 11. The zero-order valence-corrected chi connectivity index (χ0v) is 24.7. The molecule has 0 unspecified atom stereocenters. The molecule has 2 amide bonds. The molecule has 3 aromatic carbocycles. The number of aryl methyl sites for hydroxylation is 1. The number of nitrogens with zero attached hydrogens (tertiary/aromatic N) is 2. The van der Waals surface area contributed by atoms with Crippen LogP contribution in [0.2, 0.25) is 10.0 Å². The first kappa shape index (κ1) is 30.5. The van der Waals surface area contributed by atoms with E-state index in [0.29, 0.717) is 21.3 Å². The molecule has 39 heavy (non-hydrogen) atoms. The fourth-order valence-corrected chi connectivity index (χ4v) is 5.41. The molecule has 0 aliphatic carbocycles. The average Bonchev–Trinajstić information content (AvgIpc) is 2.86. The zero-order valence-electron chi connectivity index (χ0n) is 22.4. The topological polar surface area (TPSA) is 86.8 Å². The Bertz CT molecular complexity index is 1400. The third-order valence-corrected chi connectivity index (χ3v) is 7.79. The maximum absolute atomic E-state index is 14.0. The minimum Gasteiger partial charge on any atom is -0.352 e. The number of anilines is 1. The van der Waals surface area contributed by atoms with E-state index in [1.165, 1.54) is 4.90 Å². The van der Waals surface area contributed by atoms with Gasteiger partial charge < -0.3 is 10.2 Å². The number of carbonyl (C=O) groups is 2. The monoisotopic (exact) mass is 589 g/mol. The third kappa shape index (κ3) is 8.71. The Labute approximate surface area is 240 Å². The van der Waals surface area contributed by atoms with Crippen molar-refractivity contribution in [2.75, 3.05) is 17.1 Å². The summed E-state index contributed by atoms with van der Waals surface area (Å²) >= 11 is 12.6. The van der Waals surface area contributed by atoms with Crippen LogP contribution in [0, 0.1) is 6.92 Å². The molecule has 7 nitrogen and oxygen atoms in total. The van der Waals surface area contributed by atoms with Crippen molar-refractivity contribution in [3.63, 3.8) is 0 Å². The first-order chi connectivity index (χ1) is 18.3. The molecule has 10 heteroatoms. The van der Waals surface area contributed by atoms with Gasteiger partial charge in [0.2, 0.25) is 21.8 Å². The third-order valence-electron chi connectivity index (χ3n) is 6.06. The molecule has 1 N–H and O–H groups in total. The number of hydrogen-bond donors (Lipinski definition) is 1. The van der Waals surface area contributed by atoms with Gasteiger partial charge in [-0.15, -0.1) is 0 Å². The minimum atomic E-state index is -3.83. The van der Waals surface area contributed by atoms with Crippen LogP contribution in [0.3, 0.4) is 0 Å². The molecule has 0 aliphatic rings. The van der Waals surface area contributed by atoms with Crippen molar-refractivity contribution >= 4 is 50.7 Å². The van der Waals surface area contributed by atoms with Gasteiger partial charge in [0.15, 0.2) is 0 Å². The second kappa shape index (κ2) is 13.3. The van der Waals surface area contributed by atoms with Crippen LogP contribution in [0.4, 0.5) is 5.69 Å². The highest BCUT2D eigenvalue weighted by atomic mass is 35.5. The highest BCUT2D eigenvalue weighted by Crippen LogP contribution is 2.25. The van der Waals surface area contributed by atoms with E-state index < -0.39 is 28.5 Å². The Morgan fingerprint density at radius 2 is 1.59 bits per heavy atom. The van der Waals surface area contributed by atoms with Gasteiger partial charge in [0, 0.05) is 29.1 Å². The summed E-state index contributed by atoms with van der Waals surface area (Å²) in [6, 6.07) is 20.0. The maximum Gasteiger partial charge on any atom is 0.244 e. The number of sulfonamides is 1. The zero-order chi connectivity index (χ0) is 28.7. The van der Waals surface area contributed by atoms with Gasteiger partial charge in [0.1, 0.15) is 12.6 Å². The number of halogens is 2. The van der Waals surface area contributed by atoms with E-state index in [2.05, 4.69) is 5.32 Å². The Hall–Kier alpha value is -3.07. The quantitative estimate of drug-likeness (QED) is 0.331. The van der Waals surface area contributed by atoms with Crippen LogP contribution >= 0.6 is 23.2 Å². The van der Waals surface area contributed by atoms with Crippen LogP contribution in [0.15, 0.2) is 72.8 Å². The Kier molecular flexibility index (Phi) is 10.4. The Balaban J connectivity index is 2.07. The molecule has 0 fully saturated rings. The number of carbonyl (C=O) groups excluding carboxylic acids is 2. The summed E-state index contributed by atoms with van der Waals surface area (Å²) in [5.74, 6) is -0.902. The van der Waals surface area contributed by atoms with Crippen molar-refractivity contribution in [1.29, 1.82) is 0 Å². The molecule has 208 valence electrons. The summed E-state index contributed by atoms with van der Waals surface area (Å²) in [6.07, 6.45) is 1.27. The normalized spacial score (nSPS) is 12.2. The van der Waals surface area contributed by atoms with Crippen molar-refractivity contribution in [3.8, 4) is 0 Å². The Morgan fingerprint density at radius 1 is 0.949 bits per heavy atom. The minimum absolute atomic E-state index is 0.0245. The molecule has 1 atom stereocenters. The second-order valence-corrected chi connectivity index (χ2v) is 12.5. The lowest BCUT2D eigenvalue weighted by atomic mass is 10.0. The largest absolute Gasteiger partial charge is 0.352 e. The van der Waals surface area contributed by atoms with E-state index in [-0.39, 0.29) is 24.9 Å². The molecular weight excluding hydrogens is 557 g/mol. The van der Waals surface area contributed by atoms with Crippen LogP contribution in [-0.4, -0.2) is 50.0 Å². The molecule has 0 saturated heterocycles. The van der Waals surface area contributed by atoms with E-state index in [9.17, 15) is 18.0 Å². The van der Waals surface area contributed by atoms with Crippen LogP contribution < -0.4 is 9.62 Å². The van der Waals surface area contributed by atoms with E-state index in [1.807, 2.05) is 51.1 Å². The lowest BCUT2D eigenvalue weighted by Crippen LogP contribution is -2.54. The molecule has 0 aromatic heterocycles. The summed E-state index contributed by atoms with van der Waals surface area (Å²) in [7, 11) is -3.83. The lowest BCUT2D eigenvalue weighted by Gasteiger charge is -2.34. The molecule has 0 heterocycles. The lowest BCUT2D eigenvalue weighted by molar-refractivity contribution is -0.140. The molecule has 0 radical (unpaired) electrons. The van der Waals surface area contributed by atoms with Crippen molar-refractivity contribution in [1.82, 2.24) is 10.2 Å². The van der Waals surface area contributed by atoms with Crippen molar-refractivity contribution in [2.24, 2.45) is 0 Å². The molecule has 0 aliphatic heterocycles. The highest BCUT2D eigenvalue weighted by Gasteiger charge is 2.33. The first-order valence-corrected chi connectivity index (χ1v) is 15.1. The summed E-state index contributed by atoms with van der Waals surface area (Å²) < 4.78 is 26.7. The average molecular weight is 591 g/mol. The standard InChI is InChI=1S/C29H33Cl2N3O4S/c1-20(2)32-29(36)27(16-22-8-6-5-7-9-22)33(18-23-12-13-24(30)17-26(23)31)28(35)19-34(39(4,37)38)25-14-10-21(3)11-15-25/h5-15,17,20,27H,16,18-19H2,1-4H3,(H,32,36)/t27-/m0/s1. The predicted molar refractivity (Wildman–Crippen MR) is 158 cm³/mol. The number of benzene rings is 3. The number of nitrogens with one attached hydrogen (secondary N) is 1. The van der Waals surface area contributed by atoms with E-state index in [4.69, 9.17) is 23.2 Å². The predicted octanol–water partition coefficient (Wildman–Crippen LogP) is 5.23. The number of hydrogen-bond acceptors (Lipinski definition) is 4. The SMILES string of the molecule is Cc1ccc(N(CC(=O)N(Cc2ccc(Cl)cc2Cl)[C@@H](Cc2ccccc2)C(=O)NC(C)C)S(C)(=O)=O)cc1. The van der Waals surface area contributed by atoms with Gasteiger partial charge in [-0.05, 0) is 56.2 Å². The van der Waals surface area contributed by atoms with Gasteiger partial charge in [-0.3, -0.25) is 13.9 Å². The van der Waals surface area contributed by atoms with Crippen LogP contribution in [0.25, 0.3) is 0 Å². The van der Waals surface area contributed by atoms with E-state index in [0.717, 1.165) is 21.7 Å². The van der Waals surface area contributed by atoms with Gasteiger partial charge >= 0.3 is 0 Å². The molecule has 0 spiro atoms. The van der Waals surface area contributed by atoms with Crippen LogP contribution in [-0.2, 0) is 32.6 Å². The molecule has 0 bridgehead atoms. The van der Waals surface area contributed by atoms with Crippen LogP contribution in [0.1, 0.15) is 30.5 Å². The van der Waals surface area contributed by atoms with Crippen molar-refractivity contribution in [3.05, 3.63) is 99.5 Å². The first-order valence-electron chi connectivity index (χ1n) is 12.5. The summed E-state index contributed by atoms with van der Waals surface area (Å²) in [4.78, 5) is 28.9. The number of amides is 2. The summed E-state index contributed by atoms with van der Waals surface area (Å²) in [5, 5.41) is 3.68. The molecule has 3 aromatic rings. The van der Waals surface area contributed by atoms with Gasteiger partial charge in [0.05, 0.1) is 11.9 Å². The van der Waals surface area contributed by atoms with Gasteiger partial charge in [0.25, 0.3) is 0 Å². The maximum atomic E-state index is 14.0.